The van der Waals surface area contributed by atoms with Crippen LogP contribution in [0, 0.1) is 0 Å². The number of aryl methyl sites for hydroxylation is 1. The summed E-state index contributed by atoms with van der Waals surface area (Å²) in [4.78, 5) is 11.0. The normalized spacial score (nSPS) is 12.6. The number of carboxylic acid groups (broad SMARTS) is 1. The SMILES string of the molecule is CCCCC(NCc1nncn1CC)C(=O)O. The molecular formula is C11H20N4O2. The molecule has 1 unspecified atom stereocenters. The number of hydrogen-bond donors (Lipinski definition) is 2. The van der Waals surface area contributed by atoms with Crippen LogP contribution in [-0.2, 0) is 17.9 Å². The van der Waals surface area contributed by atoms with Crippen LogP contribution in [0.5, 0.6) is 0 Å². The summed E-state index contributed by atoms with van der Waals surface area (Å²) in [5.74, 6) is -0.0312. The van der Waals surface area contributed by atoms with Crippen LogP contribution >= 0.6 is 0 Å². The van der Waals surface area contributed by atoms with E-state index in [1.807, 2.05) is 18.4 Å². The Morgan fingerprint density at radius 1 is 1.59 bits per heavy atom. The third kappa shape index (κ3) is 4.14. The number of carboxylic acids is 1. The summed E-state index contributed by atoms with van der Waals surface area (Å²) in [7, 11) is 0. The molecule has 6 heteroatoms. The van der Waals surface area contributed by atoms with Crippen LogP contribution in [0.3, 0.4) is 0 Å². The summed E-state index contributed by atoms with van der Waals surface area (Å²) in [6.07, 6.45) is 4.20. The highest BCUT2D eigenvalue weighted by Crippen LogP contribution is 2.02. The van der Waals surface area contributed by atoms with Gasteiger partial charge in [-0.15, -0.1) is 10.2 Å². The first kappa shape index (κ1) is 13.6. The minimum absolute atomic E-state index is 0.439. The van der Waals surface area contributed by atoms with Crippen molar-refractivity contribution >= 4 is 5.97 Å². The number of hydrogen-bond acceptors (Lipinski definition) is 4. The van der Waals surface area contributed by atoms with Gasteiger partial charge in [0.15, 0.2) is 0 Å². The first-order chi connectivity index (χ1) is 8.19. The molecule has 0 saturated carbocycles. The van der Waals surface area contributed by atoms with Crippen molar-refractivity contribution in [2.75, 3.05) is 0 Å². The zero-order valence-electron chi connectivity index (χ0n) is 10.4. The van der Waals surface area contributed by atoms with E-state index in [0.717, 1.165) is 25.2 Å². The van der Waals surface area contributed by atoms with Gasteiger partial charge in [-0.05, 0) is 13.3 Å². The Kier molecular flexibility index (Phi) is 5.62. The lowest BCUT2D eigenvalue weighted by molar-refractivity contribution is -0.139. The van der Waals surface area contributed by atoms with Gasteiger partial charge in [-0.2, -0.15) is 0 Å². The molecular weight excluding hydrogens is 220 g/mol. The first-order valence-electron chi connectivity index (χ1n) is 6.01. The zero-order chi connectivity index (χ0) is 12.7. The number of aromatic nitrogens is 3. The average molecular weight is 240 g/mol. The van der Waals surface area contributed by atoms with Crippen LogP contribution in [-0.4, -0.2) is 31.9 Å². The van der Waals surface area contributed by atoms with Crippen molar-refractivity contribution in [2.24, 2.45) is 0 Å². The Balaban J connectivity index is 2.48. The van der Waals surface area contributed by atoms with Crippen LogP contribution < -0.4 is 5.32 Å². The number of rotatable bonds is 8. The lowest BCUT2D eigenvalue weighted by Crippen LogP contribution is -2.36. The number of aliphatic carboxylic acids is 1. The second-order valence-corrected chi connectivity index (χ2v) is 3.95. The highest BCUT2D eigenvalue weighted by Gasteiger charge is 2.16. The van der Waals surface area contributed by atoms with E-state index in [2.05, 4.69) is 15.5 Å². The molecule has 1 rings (SSSR count). The third-order valence-electron chi connectivity index (χ3n) is 2.69. The molecule has 1 atom stereocenters. The zero-order valence-corrected chi connectivity index (χ0v) is 10.4. The third-order valence-corrected chi connectivity index (χ3v) is 2.69. The fraction of sp³-hybridized carbons (Fsp3) is 0.727. The maximum absolute atomic E-state index is 11.0. The fourth-order valence-corrected chi connectivity index (χ4v) is 1.62. The maximum atomic E-state index is 11.0. The quantitative estimate of drug-likeness (QED) is 0.709. The smallest absolute Gasteiger partial charge is 0.320 e. The van der Waals surface area contributed by atoms with E-state index in [1.54, 1.807) is 6.33 Å². The van der Waals surface area contributed by atoms with Gasteiger partial charge in [0.05, 0.1) is 6.54 Å². The monoisotopic (exact) mass is 240 g/mol. The molecule has 0 fully saturated rings. The molecule has 0 spiro atoms. The molecule has 0 amide bonds. The van der Waals surface area contributed by atoms with Gasteiger partial charge >= 0.3 is 5.97 Å². The van der Waals surface area contributed by atoms with Crippen LogP contribution in [0.25, 0.3) is 0 Å². The molecule has 0 aliphatic carbocycles. The Morgan fingerprint density at radius 2 is 2.35 bits per heavy atom. The molecule has 0 saturated heterocycles. The standard InChI is InChI=1S/C11H20N4O2/c1-3-5-6-9(11(16)17)12-7-10-14-13-8-15(10)4-2/h8-9,12H,3-7H2,1-2H3,(H,16,17). The van der Waals surface area contributed by atoms with Crippen molar-refractivity contribution in [3.8, 4) is 0 Å². The molecule has 1 aromatic rings. The highest BCUT2D eigenvalue weighted by atomic mass is 16.4. The highest BCUT2D eigenvalue weighted by molar-refractivity contribution is 5.73. The van der Waals surface area contributed by atoms with Crippen molar-refractivity contribution < 1.29 is 9.90 Å². The summed E-state index contributed by atoms with van der Waals surface area (Å²) in [5.41, 5.74) is 0. The molecule has 17 heavy (non-hydrogen) atoms. The predicted octanol–water partition coefficient (Wildman–Crippen LogP) is 1.03. The van der Waals surface area contributed by atoms with E-state index in [1.165, 1.54) is 0 Å². The van der Waals surface area contributed by atoms with Crippen molar-refractivity contribution in [1.29, 1.82) is 0 Å². The molecule has 0 bridgehead atoms. The lowest BCUT2D eigenvalue weighted by atomic mass is 10.1. The molecule has 6 nitrogen and oxygen atoms in total. The first-order valence-corrected chi connectivity index (χ1v) is 6.01. The lowest BCUT2D eigenvalue weighted by Gasteiger charge is -2.13. The van der Waals surface area contributed by atoms with E-state index in [0.29, 0.717) is 13.0 Å². The number of carbonyl (C=O) groups is 1. The van der Waals surface area contributed by atoms with Crippen molar-refractivity contribution in [1.82, 2.24) is 20.1 Å². The minimum Gasteiger partial charge on any atom is -0.480 e. The van der Waals surface area contributed by atoms with E-state index >= 15 is 0 Å². The van der Waals surface area contributed by atoms with Gasteiger partial charge in [-0.1, -0.05) is 19.8 Å². The summed E-state index contributed by atoms with van der Waals surface area (Å²) in [5, 5.41) is 19.8. The van der Waals surface area contributed by atoms with Crippen LogP contribution in [0.15, 0.2) is 6.33 Å². The Bertz CT molecular complexity index is 351. The van der Waals surface area contributed by atoms with Gasteiger partial charge in [-0.3, -0.25) is 10.1 Å². The maximum Gasteiger partial charge on any atom is 0.320 e. The van der Waals surface area contributed by atoms with Crippen molar-refractivity contribution in [3.05, 3.63) is 12.2 Å². The summed E-state index contributed by atoms with van der Waals surface area (Å²) >= 11 is 0. The number of nitrogens with one attached hydrogen (secondary N) is 1. The van der Waals surface area contributed by atoms with Gasteiger partial charge < -0.3 is 9.67 Å². The second-order valence-electron chi connectivity index (χ2n) is 3.95. The van der Waals surface area contributed by atoms with Gasteiger partial charge in [-0.25, -0.2) is 0 Å². The molecule has 2 N–H and O–H groups in total. The fourth-order valence-electron chi connectivity index (χ4n) is 1.62. The Hall–Kier alpha value is -1.43. The molecule has 1 aromatic heterocycles. The van der Waals surface area contributed by atoms with Gasteiger partial charge in [0.2, 0.25) is 0 Å². The van der Waals surface area contributed by atoms with Crippen LogP contribution in [0.4, 0.5) is 0 Å². The number of nitrogens with zero attached hydrogens (tertiary/aromatic N) is 3. The minimum atomic E-state index is -0.805. The van der Waals surface area contributed by atoms with Gasteiger partial charge in [0.1, 0.15) is 18.2 Å². The van der Waals surface area contributed by atoms with E-state index in [9.17, 15) is 4.79 Å². The Morgan fingerprint density at radius 3 is 2.94 bits per heavy atom. The van der Waals surface area contributed by atoms with E-state index < -0.39 is 12.0 Å². The van der Waals surface area contributed by atoms with Gasteiger partial charge in [0.25, 0.3) is 0 Å². The van der Waals surface area contributed by atoms with Crippen molar-refractivity contribution in [2.45, 2.75) is 52.2 Å². The molecule has 0 radical (unpaired) electrons. The average Bonchev–Trinajstić information content (AvgIpc) is 2.76. The second kappa shape index (κ2) is 7.01. The van der Waals surface area contributed by atoms with Crippen molar-refractivity contribution in [3.63, 3.8) is 0 Å². The topological polar surface area (TPSA) is 80.0 Å². The van der Waals surface area contributed by atoms with Gasteiger partial charge in [0, 0.05) is 6.54 Å². The Labute approximate surface area is 101 Å². The molecule has 0 aromatic carbocycles. The summed E-state index contributed by atoms with van der Waals surface area (Å²) < 4.78 is 1.89. The molecule has 96 valence electrons. The summed E-state index contributed by atoms with van der Waals surface area (Å²) in [6.45, 7) is 5.27. The van der Waals surface area contributed by atoms with Crippen LogP contribution in [0.2, 0.25) is 0 Å². The molecule has 0 aliphatic rings. The predicted molar refractivity (Wildman–Crippen MR) is 63.5 cm³/mol. The number of unbranched alkanes of at least 4 members (excludes halogenated alkanes) is 1. The van der Waals surface area contributed by atoms with E-state index in [-0.39, 0.29) is 0 Å². The largest absolute Gasteiger partial charge is 0.480 e. The summed E-state index contributed by atoms with van der Waals surface area (Å²) in [6, 6.07) is -0.503. The molecule has 1 heterocycles. The van der Waals surface area contributed by atoms with Crippen LogP contribution in [0.1, 0.15) is 38.9 Å². The molecule has 0 aliphatic heterocycles. The van der Waals surface area contributed by atoms with E-state index in [4.69, 9.17) is 5.11 Å².